The Labute approximate surface area is 133 Å². The molecule has 0 aliphatic carbocycles. The smallest absolute Gasteiger partial charge is 0.319 e. The Morgan fingerprint density at radius 2 is 2.17 bits per heavy atom. The second-order valence-electron chi connectivity index (χ2n) is 5.60. The number of carbonyl (C=O) groups excluding carboxylic acids is 2. The van der Waals surface area contributed by atoms with Crippen LogP contribution in [0.5, 0.6) is 0 Å². The van der Waals surface area contributed by atoms with Crippen molar-refractivity contribution in [1.29, 1.82) is 0 Å². The van der Waals surface area contributed by atoms with Gasteiger partial charge in [0.15, 0.2) is 0 Å². The van der Waals surface area contributed by atoms with Crippen molar-refractivity contribution in [2.24, 2.45) is 0 Å². The average Bonchev–Trinajstić information content (AvgIpc) is 3.05. The third-order valence-corrected chi connectivity index (χ3v) is 3.79. The fourth-order valence-corrected chi connectivity index (χ4v) is 2.65. The van der Waals surface area contributed by atoms with Gasteiger partial charge in [-0.25, -0.2) is 4.79 Å². The van der Waals surface area contributed by atoms with Gasteiger partial charge in [0.05, 0.1) is 11.8 Å². The molecule has 0 aromatic carbocycles. The van der Waals surface area contributed by atoms with Gasteiger partial charge in [0.25, 0.3) is 5.91 Å². The van der Waals surface area contributed by atoms with Crippen LogP contribution in [0.3, 0.4) is 0 Å². The highest BCUT2D eigenvalue weighted by molar-refractivity contribution is 6.04. The Kier molecular flexibility index (Phi) is 3.96. The molecule has 2 N–H and O–H groups in total. The first-order chi connectivity index (χ1) is 11.1. The Morgan fingerprint density at radius 1 is 1.35 bits per heavy atom. The van der Waals surface area contributed by atoms with E-state index in [1.165, 1.54) is 0 Å². The van der Waals surface area contributed by atoms with Crippen molar-refractivity contribution in [2.45, 2.75) is 13.0 Å². The Balaban J connectivity index is 1.82. The van der Waals surface area contributed by atoms with E-state index in [2.05, 4.69) is 20.5 Å². The molecular weight excluding hydrogens is 296 g/mol. The van der Waals surface area contributed by atoms with E-state index in [9.17, 15) is 9.59 Å². The van der Waals surface area contributed by atoms with Gasteiger partial charge >= 0.3 is 6.03 Å². The summed E-state index contributed by atoms with van der Waals surface area (Å²) in [6.07, 6.45) is 5.48. The van der Waals surface area contributed by atoms with Gasteiger partial charge in [-0.2, -0.15) is 5.10 Å². The minimum Gasteiger partial charge on any atom is -0.331 e. The van der Waals surface area contributed by atoms with Crippen LogP contribution in [0.15, 0.2) is 24.7 Å². The van der Waals surface area contributed by atoms with Gasteiger partial charge in [0.2, 0.25) is 0 Å². The van der Waals surface area contributed by atoms with E-state index in [1.54, 1.807) is 48.6 Å². The van der Waals surface area contributed by atoms with Crippen molar-refractivity contribution in [1.82, 2.24) is 25.0 Å². The van der Waals surface area contributed by atoms with Crippen LogP contribution in [0.25, 0.3) is 0 Å². The molecule has 0 bridgehead atoms. The van der Waals surface area contributed by atoms with Crippen LogP contribution in [0.2, 0.25) is 0 Å². The Morgan fingerprint density at radius 3 is 2.87 bits per heavy atom. The second-order valence-corrected chi connectivity index (χ2v) is 5.60. The summed E-state index contributed by atoms with van der Waals surface area (Å²) in [5.74, 6) is 0.304. The molecule has 3 rings (SSSR count). The van der Waals surface area contributed by atoms with Gasteiger partial charge in [-0.15, -0.1) is 0 Å². The van der Waals surface area contributed by atoms with Crippen LogP contribution in [-0.4, -0.2) is 57.6 Å². The lowest BCUT2D eigenvalue weighted by atomic mass is 9.97. The van der Waals surface area contributed by atoms with Crippen molar-refractivity contribution in [3.63, 3.8) is 0 Å². The third kappa shape index (κ3) is 3.01. The molecular formula is C15H18N6O2. The van der Waals surface area contributed by atoms with Gasteiger partial charge in [-0.1, -0.05) is 0 Å². The molecule has 0 unspecified atom stereocenters. The number of fused-ring (bicyclic) bond motifs is 1. The fourth-order valence-electron chi connectivity index (χ4n) is 2.65. The molecule has 0 fully saturated rings. The molecule has 0 saturated heterocycles. The first-order valence-corrected chi connectivity index (χ1v) is 7.29. The lowest BCUT2D eigenvalue weighted by molar-refractivity contribution is 0.102. The molecule has 120 valence electrons. The largest absolute Gasteiger partial charge is 0.331 e. The number of urea groups is 1. The third-order valence-electron chi connectivity index (χ3n) is 3.79. The number of rotatable bonds is 2. The van der Waals surface area contributed by atoms with Crippen LogP contribution in [0.4, 0.5) is 10.6 Å². The van der Waals surface area contributed by atoms with Crippen molar-refractivity contribution in [3.8, 4) is 0 Å². The number of hydrogen-bond donors (Lipinski definition) is 2. The minimum absolute atomic E-state index is 0.0389. The predicted octanol–water partition coefficient (Wildman–Crippen LogP) is 1.10. The Bertz CT molecular complexity index is 726. The maximum atomic E-state index is 12.4. The highest BCUT2D eigenvalue weighted by Gasteiger charge is 2.25. The van der Waals surface area contributed by atoms with Gasteiger partial charge < -0.3 is 15.1 Å². The number of aromatic amines is 1. The summed E-state index contributed by atoms with van der Waals surface area (Å²) in [5, 5.41) is 9.24. The summed E-state index contributed by atoms with van der Waals surface area (Å²) in [5.41, 5.74) is 2.39. The highest BCUT2D eigenvalue weighted by Crippen LogP contribution is 2.22. The molecule has 23 heavy (non-hydrogen) atoms. The number of amides is 3. The molecule has 0 radical (unpaired) electrons. The SMILES string of the molecule is CN(C)C(=O)N1CCc2c(cncc2C(=O)Nc2ccn[nH]2)C1. The number of pyridine rings is 1. The number of H-pyrrole nitrogens is 1. The maximum absolute atomic E-state index is 12.4. The summed E-state index contributed by atoms with van der Waals surface area (Å²) >= 11 is 0. The number of anilines is 1. The van der Waals surface area contributed by atoms with E-state index >= 15 is 0 Å². The number of hydrogen-bond acceptors (Lipinski definition) is 4. The highest BCUT2D eigenvalue weighted by atomic mass is 16.2. The lowest BCUT2D eigenvalue weighted by Crippen LogP contribution is -2.42. The second kappa shape index (κ2) is 6.07. The normalized spacial score (nSPS) is 13.4. The van der Waals surface area contributed by atoms with Gasteiger partial charge in [-0.05, 0) is 17.5 Å². The van der Waals surface area contributed by atoms with E-state index in [0.717, 1.165) is 11.1 Å². The van der Waals surface area contributed by atoms with E-state index in [1.807, 2.05) is 0 Å². The summed E-state index contributed by atoms with van der Waals surface area (Å²) in [7, 11) is 3.45. The topological polar surface area (TPSA) is 94.2 Å². The van der Waals surface area contributed by atoms with Crippen LogP contribution >= 0.6 is 0 Å². The van der Waals surface area contributed by atoms with E-state index in [4.69, 9.17) is 0 Å². The molecule has 8 nitrogen and oxygen atoms in total. The summed E-state index contributed by atoms with van der Waals surface area (Å²) in [6, 6.07) is 1.64. The first-order valence-electron chi connectivity index (χ1n) is 7.29. The zero-order valence-corrected chi connectivity index (χ0v) is 13.0. The molecule has 0 atom stereocenters. The molecule has 2 aromatic rings. The van der Waals surface area contributed by atoms with Gasteiger partial charge in [-0.3, -0.25) is 14.9 Å². The quantitative estimate of drug-likeness (QED) is 0.868. The van der Waals surface area contributed by atoms with Crippen LogP contribution in [-0.2, 0) is 13.0 Å². The predicted molar refractivity (Wildman–Crippen MR) is 84.0 cm³/mol. The minimum atomic E-state index is -0.231. The lowest BCUT2D eigenvalue weighted by Gasteiger charge is -2.31. The van der Waals surface area contributed by atoms with Crippen LogP contribution in [0.1, 0.15) is 21.5 Å². The maximum Gasteiger partial charge on any atom is 0.319 e. The summed E-state index contributed by atoms with van der Waals surface area (Å²) in [6.45, 7) is 1.04. The van der Waals surface area contributed by atoms with Crippen molar-refractivity contribution in [2.75, 3.05) is 26.0 Å². The van der Waals surface area contributed by atoms with E-state index in [-0.39, 0.29) is 11.9 Å². The van der Waals surface area contributed by atoms with E-state index in [0.29, 0.717) is 30.9 Å². The molecule has 0 saturated carbocycles. The molecule has 0 spiro atoms. The summed E-state index contributed by atoms with van der Waals surface area (Å²) < 4.78 is 0. The molecule has 3 heterocycles. The number of aromatic nitrogens is 3. The van der Waals surface area contributed by atoms with E-state index < -0.39 is 0 Å². The zero-order valence-electron chi connectivity index (χ0n) is 13.0. The van der Waals surface area contributed by atoms with Crippen molar-refractivity contribution >= 4 is 17.8 Å². The van der Waals surface area contributed by atoms with Crippen molar-refractivity contribution < 1.29 is 9.59 Å². The number of nitrogens with zero attached hydrogens (tertiary/aromatic N) is 4. The van der Waals surface area contributed by atoms with Crippen molar-refractivity contribution in [3.05, 3.63) is 41.3 Å². The standard InChI is InChI=1S/C15H18N6O2/c1-20(2)15(23)21-6-4-11-10(9-21)7-16-8-12(11)14(22)18-13-3-5-17-19-13/h3,5,7-8H,4,6,9H2,1-2H3,(H2,17,18,19,22). The average molecular weight is 314 g/mol. The molecule has 3 amide bonds. The summed E-state index contributed by atoms with van der Waals surface area (Å²) in [4.78, 5) is 31.9. The molecule has 2 aromatic heterocycles. The van der Waals surface area contributed by atoms with Crippen LogP contribution < -0.4 is 5.32 Å². The molecule has 1 aliphatic rings. The first kappa shape index (κ1) is 15.0. The molecule has 1 aliphatic heterocycles. The van der Waals surface area contributed by atoms with Gasteiger partial charge in [0, 0.05) is 45.6 Å². The number of carbonyl (C=O) groups is 2. The zero-order chi connectivity index (χ0) is 16.4. The monoisotopic (exact) mass is 314 g/mol. The van der Waals surface area contributed by atoms with Crippen LogP contribution in [0, 0.1) is 0 Å². The number of nitrogens with one attached hydrogen (secondary N) is 2. The van der Waals surface area contributed by atoms with Gasteiger partial charge in [0.1, 0.15) is 5.82 Å². The molecule has 8 heteroatoms. The Hall–Kier alpha value is -2.90. The fraction of sp³-hybridized carbons (Fsp3) is 0.333.